The Kier molecular flexibility index (Phi) is 4.81. The van der Waals surface area contributed by atoms with Crippen LogP contribution < -0.4 is 5.32 Å². The number of rotatable bonds is 3. The summed E-state index contributed by atoms with van der Waals surface area (Å²) in [4.78, 5) is 16.5. The van der Waals surface area contributed by atoms with Crippen LogP contribution in [0, 0.1) is 0 Å². The van der Waals surface area contributed by atoms with Gasteiger partial charge in [-0.05, 0) is 49.7 Å². The molecular formula is C17H19ClN2OS. The first-order valence-corrected chi connectivity index (χ1v) is 8.69. The summed E-state index contributed by atoms with van der Waals surface area (Å²) in [7, 11) is 1.99. The third-order valence-electron chi connectivity index (χ3n) is 4.14. The molecule has 1 amide bonds. The summed E-state index contributed by atoms with van der Waals surface area (Å²) in [5.41, 5.74) is 1.10. The molecule has 1 fully saturated rings. The number of benzene rings is 1. The van der Waals surface area contributed by atoms with Crippen LogP contribution in [0.25, 0.3) is 10.4 Å². The standard InChI is InChI=1S/C17H19ClN2OS/c1-19-14-8-10-20(11-9-14)17(21)16-7-6-15(22-16)12-2-4-13(18)5-3-12/h2-7,14,19H,8-11H2,1H3. The minimum atomic E-state index is 0.153. The van der Waals surface area contributed by atoms with Crippen LogP contribution in [0.15, 0.2) is 36.4 Å². The number of likely N-dealkylation sites (tertiary alicyclic amines) is 1. The predicted octanol–water partition coefficient (Wildman–Crippen LogP) is 3.89. The van der Waals surface area contributed by atoms with Gasteiger partial charge in [-0.1, -0.05) is 23.7 Å². The molecule has 0 saturated carbocycles. The van der Waals surface area contributed by atoms with Crippen LogP contribution in [-0.4, -0.2) is 37.0 Å². The highest BCUT2D eigenvalue weighted by Gasteiger charge is 2.23. The van der Waals surface area contributed by atoms with Gasteiger partial charge in [0.05, 0.1) is 4.88 Å². The lowest BCUT2D eigenvalue weighted by Crippen LogP contribution is -2.43. The Bertz CT molecular complexity index is 645. The fourth-order valence-corrected chi connectivity index (χ4v) is 3.85. The molecule has 0 atom stereocenters. The molecular weight excluding hydrogens is 316 g/mol. The molecule has 0 bridgehead atoms. The SMILES string of the molecule is CNC1CCN(C(=O)c2ccc(-c3ccc(Cl)cc3)s2)CC1. The molecule has 3 nitrogen and oxygen atoms in total. The van der Waals surface area contributed by atoms with Gasteiger partial charge in [-0.3, -0.25) is 4.79 Å². The van der Waals surface area contributed by atoms with E-state index in [-0.39, 0.29) is 5.91 Å². The molecule has 0 spiro atoms. The molecule has 22 heavy (non-hydrogen) atoms. The summed E-state index contributed by atoms with van der Waals surface area (Å²) >= 11 is 7.47. The zero-order valence-electron chi connectivity index (χ0n) is 12.5. The summed E-state index contributed by atoms with van der Waals surface area (Å²) in [6, 6.07) is 12.2. The molecule has 0 aliphatic carbocycles. The van der Waals surface area contributed by atoms with Crippen molar-refractivity contribution in [1.82, 2.24) is 10.2 Å². The molecule has 1 aromatic carbocycles. The number of carbonyl (C=O) groups is 1. The second-order valence-electron chi connectivity index (χ2n) is 5.53. The third kappa shape index (κ3) is 3.35. The number of piperidine rings is 1. The topological polar surface area (TPSA) is 32.3 Å². The molecule has 1 aliphatic rings. The van der Waals surface area contributed by atoms with Crippen molar-refractivity contribution in [2.75, 3.05) is 20.1 Å². The minimum absolute atomic E-state index is 0.153. The van der Waals surface area contributed by atoms with E-state index in [0.717, 1.165) is 46.3 Å². The molecule has 2 aromatic rings. The van der Waals surface area contributed by atoms with Gasteiger partial charge in [-0.2, -0.15) is 0 Å². The van der Waals surface area contributed by atoms with E-state index < -0.39 is 0 Å². The average Bonchev–Trinajstić information content (AvgIpc) is 3.05. The molecule has 3 rings (SSSR count). The lowest BCUT2D eigenvalue weighted by molar-refractivity contribution is 0.0712. The molecule has 0 unspecified atom stereocenters. The maximum absolute atomic E-state index is 12.6. The van der Waals surface area contributed by atoms with Gasteiger partial charge >= 0.3 is 0 Å². The first kappa shape index (κ1) is 15.5. The molecule has 1 saturated heterocycles. The Morgan fingerprint density at radius 2 is 1.86 bits per heavy atom. The summed E-state index contributed by atoms with van der Waals surface area (Å²) in [6.45, 7) is 1.66. The van der Waals surface area contributed by atoms with Crippen molar-refractivity contribution in [2.45, 2.75) is 18.9 Å². The lowest BCUT2D eigenvalue weighted by atomic mass is 10.1. The average molecular weight is 335 g/mol. The first-order valence-electron chi connectivity index (χ1n) is 7.49. The summed E-state index contributed by atoms with van der Waals surface area (Å²) in [6.07, 6.45) is 2.05. The monoisotopic (exact) mass is 334 g/mol. The van der Waals surface area contributed by atoms with E-state index >= 15 is 0 Å². The van der Waals surface area contributed by atoms with Crippen molar-refractivity contribution in [3.63, 3.8) is 0 Å². The molecule has 116 valence electrons. The van der Waals surface area contributed by atoms with Crippen LogP contribution in [0.4, 0.5) is 0 Å². The van der Waals surface area contributed by atoms with Gasteiger partial charge in [0.15, 0.2) is 0 Å². The van der Waals surface area contributed by atoms with Crippen LogP contribution in [0.5, 0.6) is 0 Å². The molecule has 1 N–H and O–H groups in total. The highest BCUT2D eigenvalue weighted by molar-refractivity contribution is 7.17. The maximum atomic E-state index is 12.6. The van der Waals surface area contributed by atoms with Gasteiger partial charge in [0.2, 0.25) is 0 Å². The smallest absolute Gasteiger partial charge is 0.263 e. The Morgan fingerprint density at radius 1 is 1.18 bits per heavy atom. The summed E-state index contributed by atoms with van der Waals surface area (Å²) < 4.78 is 0. The predicted molar refractivity (Wildman–Crippen MR) is 92.8 cm³/mol. The van der Waals surface area contributed by atoms with Crippen molar-refractivity contribution in [3.8, 4) is 10.4 Å². The molecule has 0 radical (unpaired) electrons. The zero-order valence-corrected chi connectivity index (χ0v) is 14.1. The maximum Gasteiger partial charge on any atom is 0.263 e. The minimum Gasteiger partial charge on any atom is -0.338 e. The van der Waals surface area contributed by atoms with Gasteiger partial charge in [-0.15, -0.1) is 11.3 Å². The largest absolute Gasteiger partial charge is 0.338 e. The molecule has 1 aromatic heterocycles. The van der Waals surface area contributed by atoms with Crippen molar-refractivity contribution < 1.29 is 4.79 Å². The third-order valence-corrected chi connectivity index (χ3v) is 5.51. The van der Waals surface area contributed by atoms with Crippen molar-refractivity contribution >= 4 is 28.8 Å². The number of carbonyl (C=O) groups excluding carboxylic acids is 1. The molecule has 5 heteroatoms. The van der Waals surface area contributed by atoms with E-state index in [2.05, 4.69) is 5.32 Å². The van der Waals surface area contributed by atoms with Crippen molar-refractivity contribution in [1.29, 1.82) is 0 Å². The van der Waals surface area contributed by atoms with Crippen LogP contribution >= 0.6 is 22.9 Å². The fraction of sp³-hybridized carbons (Fsp3) is 0.353. The van der Waals surface area contributed by atoms with Gasteiger partial charge in [0.1, 0.15) is 0 Å². The van der Waals surface area contributed by atoms with Crippen molar-refractivity contribution in [2.24, 2.45) is 0 Å². The molecule has 1 aliphatic heterocycles. The normalized spacial score (nSPS) is 16.0. The summed E-state index contributed by atoms with van der Waals surface area (Å²) in [5, 5.41) is 4.01. The number of halogens is 1. The van der Waals surface area contributed by atoms with Crippen LogP contribution in [0.3, 0.4) is 0 Å². The second-order valence-corrected chi connectivity index (χ2v) is 7.05. The first-order chi connectivity index (χ1) is 10.7. The van der Waals surface area contributed by atoms with E-state index in [0.29, 0.717) is 6.04 Å². The van der Waals surface area contributed by atoms with Gasteiger partial charge in [0, 0.05) is 29.0 Å². The van der Waals surface area contributed by atoms with E-state index in [1.54, 1.807) is 11.3 Å². The number of hydrogen-bond acceptors (Lipinski definition) is 3. The number of nitrogens with one attached hydrogen (secondary N) is 1. The number of nitrogens with zero attached hydrogens (tertiary/aromatic N) is 1. The van der Waals surface area contributed by atoms with E-state index in [9.17, 15) is 4.79 Å². The number of amides is 1. The number of hydrogen-bond donors (Lipinski definition) is 1. The van der Waals surface area contributed by atoms with E-state index in [4.69, 9.17) is 11.6 Å². The van der Waals surface area contributed by atoms with E-state index in [1.807, 2.05) is 48.3 Å². The lowest BCUT2D eigenvalue weighted by Gasteiger charge is -2.31. The fourth-order valence-electron chi connectivity index (χ4n) is 2.75. The van der Waals surface area contributed by atoms with E-state index in [1.165, 1.54) is 0 Å². The van der Waals surface area contributed by atoms with Crippen LogP contribution in [0.2, 0.25) is 5.02 Å². The van der Waals surface area contributed by atoms with Crippen LogP contribution in [-0.2, 0) is 0 Å². The quantitative estimate of drug-likeness (QED) is 0.923. The highest BCUT2D eigenvalue weighted by atomic mass is 35.5. The Hall–Kier alpha value is -1.36. The molecule has 2 heterocycles. The zero-order chi connectivity index (χ0) is 15.5. The number of thiophene rings is 1. The van der Waals surface area contributed by atoms with Crippen molar-refractivity contribution in [3.05, 3.63) is 46.3 Å². The Labute approximate surface area is 139 Å². The highest BCUT2D eigenvalue weighted by Crippen LogP contribution is 2.30. The second kappa shape index (κ2) is 6.82. The van der Waals surface area contributed by atoms with Gasteiger partial charge in [-0.25, -0.2) is 0 Å². The summed E-state index contributed by atoms with van der Waals surface area (Å²) in [5.74, 6) is 0.153. The Balaban J connectivity index is 1.71. The van der Waals surface area contributed by atoms with Gasteiger partial charge < -0.3 is 10.2 Å². The van der Waals surface area contributed by atoms with Crippen LogP contribution in [0.1, 0.15) is 22.5 Å². The Morgan fingerprint density at radius 3 is 2.50 bits per heavy atom. The van der Waals surface area contributed by atoms with Gasteiger partial charge in [0.25, 0.3) is 5.91 Å².